The highest BCUT2D eigenvalue weighted by molar-refractivity contribution is 6.21. The first kappa shape index (κ1) is 12.4. The molecule has 1 aliphatic rings. The molecule has 92 valence electrons. The van der Waals surface area contributed by atoms with Crippen molar-refractivity contribution in [2.75, 3.05) is 6.54 Å². The number of carbonyl (C=O) groups excluding carboxylic acids is 1. The minimum atomic E-state index is 0.0128. The molecule has 2 nitrogen and oxygen atoms in total. The van der Waals surface area contributed by atoms with Crippen LogP contribution in [0, 0.1) is 12.8 Å². The van der Waals surface area contributed by atoms with Crippen molar-refractivity contribution in [2.24, 2.45) is 5.92 Å². The maximum Gasteiger partial charge on any atom is 0.251 e. The maximum atomic E-state index is 12.0. The van der Waals surface area contributed by atoms with Gasteiger partial charge in [-0.3, -0.25) is 4.79 Å². The topological polar surface area (TPSA) is 29.1 Å². The third kappa shape index (κ3) is 3.01. The zero-order valence-corrected chi connectivity index (χ0v) is 10.8. The number of benzene rings is 1. The van der Waals surface area contributed by atoms with Crippen LogP contribution >= 0.6 is 11.6 Å². The molecule has 1 amide bonds. The second-order valence-corrected chi connectivity index (χ2v) is 5.29. The van der Waals surface area contributed by atoms with E-state index >= 15 is 0 Å². The van der Waals surface area contributed by atoms with Gasteiger partial charge in [-0.2, -0.15) is 0 Å². The summed E-state index contributed by atoms with van der Waals surface area (Å²) in [6, 6.07) is 7.64. The molecule has 1 N–H and O–H groups in total. The minimum Gasteiger partial charge on any atom is -0.352 e. The van der Waals surface area contributed by atoms with Gasteiger partial charge in [0.25, 0.3) is 5.91 Å². The average Bonchev–Trinajstić information content (AvgIpc) is 2.72. The Kier molecular flexibility index (Phi) is 4.06. The first-order valence-electron chi connectivity index (χ1n) is 6.16. The van der Waals surface area contributed by atoms with Crippen LogP contribution in [0.15, 0.2) is 24.3 Å². The van der Waals surface area contributed by atoms with E-state index in [4.69, 9.17) is 11.6 Å². The Morgan fingerprint density at radius 1 is 1.41 bits per heavy atom. The van der Waals surface area contributed by atoms with Crippen molar-refractivity contribution < 1.29 is 4.79 Å². The molecule has 0 bridgehead atoms. The number of halogens is 1. The largest absolute Gasteiger partial charge is 0.352 e. The summed E-state index contributed by atoms with van der Waals surface area (Å²) >= 11 is 6.19. The van der Waals surface area contributed by atoms with Gasteiger partial charge in [0, 0.05) is 17.5 Å². The molecule has 0 saturated heterocycles. The molecule has 1 saturated carbocycles. The lowest BCUT2D eigenvalue weighted by Gasteiger charge is -2.15. The first-order chi connectivity index (χ1) is 8.18. The van der Waals surface area contributed by atoms with E-state index in [-0.39, 0.29) is 11.3 Å². The van der Waals surface area contributed by atoms with Crippen LogP contribution in [0.3, 0.4) is 0 Å². The monoisotopic (exact) mass is 251 g/mol. The lowest BCUT2D eigenvalue weighted by Crippen LogP contribution is -2.31. The molecule has 2 atom stereocenters. The van der Waals surface area contributed by atoms with Crippen LogP contribution in [0.5, 0.6) is 0 Å². The van der Waals surface area contributed by atoms with E-state index in [9.17, 15) is 4.79 Å². The second-order valence-electron chi connectivity index (χ2n) is 4.73. The van der Waals surface area contributed by atoms with Crippen LogP contribution in [-0.2, 0) is 0 Å². The van der Waals surface area contributed by atoms with E-state index < -0.39 is 0 Å². The van der Waals surface area contributed by atoms with Crippen LogP contribution in [0.25, 0.3) is 0 Å². The third-order valence-corrected chi connectivity index (χ3v) is 4.06. The molecule has 3 heteroatoms. The van der Waals surface area contributed by atoms with Crippen molar-refractivity contribution in [2.45, 2.75) is 31.6 Å². The number of alkyl halides is 1. The number of hydrogen-bond donors (Lipinski definition) is 1. The SMILES string of the molecule is Cc1ccccc1C(=O)NCC1CCCC1Cl. The molecule has 0 heterocycles. The standard InChI is InChI=1S/C14H18ClNO/c1-10-5-2-3-7-12(10)14(17)16-9-11-6-4-8-13(11)15/h2-3,5,7,11,13H,4,6,8-9H2,1H3,(H,16,17). The van der Waals surface area contributed by atoms with Gasteiger partial charge in [0.05, 0.1) is 0 Å². The van der Waals surface area contributed by atoms with Crippen molar-refractivity contribution >= 4 is 17.5 Å². The highest BCUT2D eigenvalue weighted by Gasteiger charge is 2.25. The van der Waals surface area contributed by atoms with E-state index in [1.54, 1.807) is 0 Å². The second kappa shape index (κ2) is 5.54. The molecule has 0 radical (unpaired) electrons. The molecule has 1 aromatic carbocycles. The molecule has 0 spiro atoms. The Hall–Kier alpha value is -1.02. The number of carbonyl (C=O) groups is 1. The summed E-state index contributed by atoms with van der Waals surface area (Å²) in [7, 11) is 0. The van der Waals surface area contributed by atoms with Crippen molar-refractivity contribution in [3.8, 4) is 0 Å². The van der Waals surface area contributed by atoms with Gasteiger partial charge >= 0.3 is 0 Å². The summed E-state index contributed by atoms with van der Waals surface area (Å²) in [5.41, 5.74) is 1.77. The van der Waals surface area contributed by atoms with Crippen LogP contribution in [-0.4, -0.2) is 17.8 Å². The molecule has 2 rings (SSSR count). The van der Waals surface area contributed by atoms with E-state index in [0.29, 0.717) is 12.5 Å². The lowest BCUT2D eigenvalue weighted by atomic mass is 10.1. The fraction of sp³-hybridized carbons (Fsp3) is 0.500. The van der Waals surface area contributed by atoms with Crippen LogP contribution in [0.4, 0.5) is 0 Å². The average molecular weight is 252 g/mol. The van der Waals surface area contributed by atoms with E-state index in [1.807, 2.05) is 31.2 Å². The number of hydrogen-bond acceptors (Lipinski definition) is 1. The van der Waals surface area contributed by atoms with Gasteiger partial charge in [-0.25, -0.2) is 0 Å². The number of rotatable bonds is 3. The van der Waals surface area contributed by atoms with E-state index in [2.05, 4.69) is 5.32 Å². The Morgan fingerprint density at radius 3 is 2.82 bits per heavy atom. The Labute approximate surface area is 107 Å². The number of amides is 1. The number of nitrogens with one attached hydrogen (secondary N) is 1. The van der Waals surface area contributed by atoms with E-state index in [0.717, 1.165) is 24.0 Å². The fourth-order valence-corrected chi connectivity index (χ4v) is 2.74. The van der Waals surface area contributed by atoms with Crippen LogP contribution < -0.4 is 5.32 Å². The summed E-state index contributed by atoms with van der Waals surface area (Å²) in [6.07, 6.45) is 3.38. The quantitative estimate of drug-likeness (QED) is 0.822. The number of aryl methyl sites for hydroxylation is 1. The van der Waals surface area contributed by atoms with Crippen molar-refractivity contribution in [3.05, 3.63) is 35.4 Å². The zero-order chi connectivity index (χ0) is 12.3. The normalized spacial score (nSPS) is 23.6. The van der Waals surface area contributed by atoms with Gasteiger partial charge < -0.3 is 5.32 Å². The van der Waals surface area contributed by atoms with Gasteiger partial charge in [0.15, 0.2) is 0 Å². The summed E-state index contributed by atoms with van der Waals surface area (Å²) in [5.74, 6) is 0.448. The molecular formula is C14H18ClNO. The van der Waals surface area contributed by atoms with Crippen LogP contribution in [0.2, 0.25) is 0 Å². The van der Waals surface area contributed by atoms with Gasteiger partial charge in [-0.1, -0.05) is 24.6 Å². The zero-order valence-electron chi connectivity index (χ0n) is 10.1. The Balaban J connectivity index is 1.91. The summed E-state index contributed by atoms with van der Waals surface area (Å²) in [4.78, 5) is 12.0. The smallest absolute Gasteiger partial charge is 0.251 e. The van der Waals surface area contributed by atoms with Gasteiger partial charge in [0.2, 0.25) is 0 Å². The van der Waals surface area contributed by atoms with Crippen molar-refractivity contribution in [1.29, 1.82) is 0 Å². The maximum absolute atomic E-state index is 12.0. The van der Waals surface area contributed by atoms with Crippen molar-refractivity contribution in [1.82, 2.24) is 5.32 Å². The predicted molar refractivity (Wildman–Crippen MR) is 70.5 cm³/mol. The van der Waals surface area contributed by atoms with Gasteiger partial charge in [-0.05, 0) is 37.3 Å². The molecule has 1 fully saturated rings. The molecule has 1 aliphatic carbocycles. The van der Waals surface area contributed by atoms with Crippen molar-refractivity contribution in [3.63, 3.8) is 0 Å². The van der Waals surface area contributed by atoms with Gasteiger partial charge in [0.1, 0.15) is 0 Å². The van der Waals surface area contributed by atoms with Crippen LogP contribution in [0.1, 0.15) is 35.2 Å². The molecular weight excluding hydrogens is 234 g/mol. The fourth-order valence-electron chi connectivity index (χ4n) is 2.37. The molecule has 1 aromatic rings. The van der Waals surface area contributed by atoms with Gasteiger partial charge in [-0.15, -0.1) is 11.6 Å². The third-order valence-electron chi connectivity index (χ3n) is 3.48. The first-order valence-corrected chi connectivity index (χ1v) is 6.60. The lowest BCUT2D eigenvalue weighted by molar-refractivity contribution is 0.0947. The molecule has 0 aromatic heterocycles. The van der Waals surface area contributed by atoms with E-state index in [1.165, 1.54) is 6.42 Å². The molecule has 17 heavy (non-hydrogen) atoms. The highest BCUT2D eigenvalue weighted by Crippen LogP contribution is 2.29. The predicted octanol–water partition coefficient (Wildman–Crippen LogP) is 3.13. The highest BCUT2D eigenvalue weighted by atomic mass is 35.5. The summed E-state index contributed by atoms with van der Waals surface area (Å²) < 4.78 is 0. The Morgan fingerprint density at radius 2 is 2.18 bits per heavy atom. The summed E-state index contributed by atoms with van der Waals surface area (Å²) in [5, 5.41) is 3.22. The Bertz CT molecular complexity index is 405. The molecule has 2 unspecified atom stereocenters. The summed E-state index contributed by atoms with van der Waals surface area (Å²) in [6.45, 7) is 2.65. The minimum absolute atomic E-state index is 0.0128. The molecule has 0 aliphatic heterocycles.